The third-order valence-electron chi connectivity index (χ3n) is 6.11. The van der Waals surface area contributed by atoms with E-state index in [2.05, 4.69) is 5.32 Å². The zero-order chi connectivity index (χ0) is 16.7. The van der Waals surface area contributed by atoms with Gasteiger partial charge in [0, 0.05) is 12.5 Å². The predicted molar refractivity (Wildman–Crippen MR) is 92.5 cm³/mol. The Bertz CT molecular complexity index is 756. The summed E-state index contributed by atoms with van der Waals surface area (Å²) in [7, 11) is -3.38. The number of amides is 1. The molecular formula is C19H25NO3S. The molecule has 3 aliphatic rings. The van der Waals surface area contributed by atoms with Gasteiger partial charge < -0.3 is 5.32 Å². The lowest BCUT2D eigenvalue weighted by atomic mass is 9.95. The highest BCUT2D eigenvalue weighted by Crippen LogP contribution is 2.44. The van der Waals surface area contributed by atoms with Gasteiger partial charge in [-0.3, -0.25) is 4.79 Å². The van der Waals surface area contributed by atoms with Crippen molar-refractivity contribution < 1.29 is 13.2 Å². The molecule has 0 heterocycles. The summed E-state index contributed by atoms with van der Waals surface area (Å²) in [5.41, 5.74) is 2.42. The number of hydrogen-bond donors (Lipinski definition) is 1. The molecule has 1 N–H and O–H groups in total. The molecule has 2 fully saturated rings. The van der Waals surface area contributed by atoms with Gasteiger partial charge in [-0.1, -0.05) is 12.5 Å². The molecule has 1 amide bonds. The first kappa shape index (κ1) is 16.1. The van der Waals surface area contributed by atoms with Crippen molar-refractivity contribution in [1.29, 1.82) is 0 Å². The molecule has 4 nitrogen and oxygen atoms in total. The number of benzene rings is 1. The molecule has 1 aromatic rings. The molecule has 3 aliphatic carbocycles. The van der Waals surface area contributed by atoms with Crippen LogP contribution in [0.5, 0.6) is 0 Å². The van der Waals surface area contributed by atoms with E-state index in [0.29, 0.717) is 10.8 Å². The molecule has 5 heteroatoms. The van der Waals surface area contributed by atoms with Crippen LogP contribution in [0.3, 0.4) is 0 Å². The molecule has 0 aliphatic heterocycles. The number of carbonyl (C=O) groups is 1. The smallest absolute Gasteiger partial charge is 0.221 e. The fourth-order valence-corrected chi connectivity index (χ4v) is 6.07. The van der Waals surface area contributed by atoms with E-state index >= 15 is 0 Å². The summed E-state index contributed by atoms with van der Waals surface area (Å²) in [5.74, 6) is 1.18. The molecule has 0 spiro atoms. The second kappa shape index (κ2) is 6.17. The minimum atomic E-state index is -3.38. The van der Waals surface area contributed by atoms with Crippen LogP contribution in [0.4, 0.5) is 0 Å². The number of aryl methyl sites for hydroxylation is 2. The highest BCUT2D eigenvalue weighted by atomic mass is 32.2. The summed E-state index contributed by atoms with van der Waals surface area (Å²) in [4.78, 5) is 12.5. The van der Waals surface area contributed by atoms with Crippen molar-refractivity contribution >= 4 is 15.7 Å². The topological polar surface area (TPSA) is 63.2 Å². The zero-order valence-electron chi connectivity index (χ0n) is 14.0. The van der Waals surface area contributed by atoms with Crippen LogP contribution in [0.15, 0.2) is 23.1 Å². The van der Waals surface area contributed by atoms with Crippen molar-refractivity contribution in [2.75, 3.05) is 5.75 Å². The molecule has 0 unspecified atom stereocenters. The Morgan fingerprint density at radius 3 is 2.71 bits per heavy atom. The summed E-state index contributed by atoms with van der Waals surface area (Å²) in [6.45, 7) is 0. The van der Waals surface area contributed by atoms with Crippen LogP contribution >= 0.6 is 0 Å². The highest BCUT2D eigenvalue weighted by molar-refractivity contribution is 7.91. The number of hydrogen-bond acceptors (Lipinski definition) is 3. The Labute approximate surface area is 143 Å². The minimum absolute atomic E-state index is 0.0628. The summed E-state index contributed by atoms with van der Waals surface area (Å²) >= 11 is 0. The molecular weight excluding hydrogens is 322 g/mol. The molecule has 130 valence electrons. The van der Waals surface area contributed by atoms with Crippen molar-refractivity contribution in [3.63, 3.8) is 0 Å². The van der Waals surface area contributed by atoms with E-state index < -0.39 is 9.84 Å². The maximum Gasteiger partial charge on any atom is 0.221 e. The van der Waals surface area contributed by atoms with Crippen molar-refractivity contribution in [2.24, 2.45) is 11.8 Å². The lowest BCUT2D eigenvalue weighted by Crippen LogP contribution is -2.39. The summed E-state index contributed by atoms with van der Waals surface area (Å²) in [5, 5.41) is 3.07. The maximum atomic E-state index is 12.5. The third kappa shape index (κ3) is 3.10. The average molecular weight is 347 g/mol. The summed E-state index contributed by atoms with van der Waals surface area (Å²) in [6, 6.07) is 5.72. The Morgan fingerprint density at radius 2 is 1.96 bits per heavy atom. The quantitative estimate of drug-likeness (QED) is 0.891. The molecule has 0 radical (unpaired) electrons. The van der Waals surface area contributed by atoms with Crippen molar-refractivity contribution in [3.05, 3.63) is 29.3 Å². The van der Waals surface area contributed by atoms with Crippen molar-refractivity contribution in [2.45, 2.75) is 62.3 Å². The maximum absolute atomic E-state index is 12.5. The lowest BCUT2D eigenvalue weighted by molar-refractivity contribution is -0.121. The van der Waals surface area contributed by atoms with E-state index in [1.54, 1.807) is 6.07 Å². The van der Waals surface area contributed by atoms with Crippen LogP contribution in [0, 0.1) is 11.8 Å². The largest absolute Gasteiger partial charge is 0.353 e. The first-order valence-corrected chi connectivity index (χ1v) is 10.8. The molecule has 0 saturated heterocycles. The monoisotopic (exact) mass is 347 g/mol. The Kier molecular flexibility index (Phi) is 4.15. The molecule has 3 atom stereocenters. The van der Waals surface area contributed by atoms with Gasteiger partial charge >= 0.3 is 0 Å². The van der Waals surface area contributed by atoms with E-state index in [0.717, 1.165) is 37.2 Å². The number of carbonyl (C=O) groups excluding carboxylic acids is 1. The SMILES string of the molecule is O=C(CCS(=O)(=O)c1ccc2c(c1)CCC2)N[C@H]1C[C@H]2CC[C@@H]1C2. The van der Waals surface area contributed by atoms with Gasteiger partial charge in [0.1, 0.15) is 0 Å². The molecule has 0 aromatic heterocycles. The Hall–Kier alpha value is -1.36. The normalized spacial score (nSPS) is 28.1. The van der Waals surface area contributed by atoms with Gasteiger partial charge in [0.15, 0.2) is 9.84 Å². The van der Waals surface area contributed by atoms with Crippen LogP contribution in [-0.2, 0) is 27.5 Å². The predicted octanol–water partition coefficient (Wildman–Crippen LogP) is 2.64. The molecule has 2 bridgehead atoms. The third-order valence-corrected chi connectivity index (χ3v) is 7.83. The van der Waals surface area contributed by atoms with Crippen molar-refractivity contribution in [1.82, 2.24) is 5.32 Å². The van der Waals surface area contributed by atoms with Crippen LogP contribution in [0.1, 0.15) is 49.7 Å². The fourth-order valence-electron chi connectivity index (χ4n) is 4.79. The van der Waals surface area contributed by atoms with Crippen LogP contribution in [0.25, 0.3) is 0 Å². The van der Waals surface area contributed by atoms with Gasteiger partial charge in [-0.2, -0.15) is 0 Å². The number of nitrogens with one attached hydrogen (secondary N) is 1. The van der Waals surface area contributed by atoms with E-state index in [1.165, 1.54) is 24.8 Å². The number of fused-ring (bicyclic) bond motifs is 3. The van der Waals surface area contributed by atoms with Crippen LogP contribution in [-0.4, -0.2) is 26.1 Å². The Morgan fingerprint density at radius 1 is 1.12 bits per heavy atom. The van der Waals surface area contributed by atoms with Gasteiger partial charge in [-0.25, -0.2) is 8.42 Å². The Balaban J connectivity index is 1.35. The second-order valence-corrected chi connectivity index (χ2v) is 9.81. The van der Waals surface area contributed by atoms with E-state index in [4.69, 9.17) is 0 Å². The second-order valence-electron chi connectivity index (χ2n) is 7.70. The molecule has 4 rings (SSSR count). The van der Waals surface area contributed by atoms with Crippen LogP contribution < -0.4 is 5.32 Å². The highest BCUT2D eigenvalue weighted by Gasteiger charge is 2.40. The van der Waals surface area contributed by atoms with Crippen molar-refractivity contribution in [3.8, 4) is 0 Å². The van der Waals surface area contributed by atoms with Gasteiger partial charge in [-0.05, 0) is 73.6 Å². The van der Waals surface area contributed by atoms with Gasteiger partial charge in [0.25, 0.3) is 0 Å². The molecule has 24 heavy (non-hydrogen) atoms. The minimum Gasteiger partial charge on any atom is -0.353 e. The summed E-state index contributed by atoms with van der Waals surface area (Å²) < 4.78 is 25.0. The fraction of sp³-hybridized carbons (Fsp3) is 0.632. The van der Waals surface area contributed by atoms with E-state index in [-0.39, 0.29) is 24.1 Å². The van der Waals surface area contributed by atoms with E-state index in [1.807, 2.05) is 12.1 Å². The lowest BCUT2D eigenvalue weighted by Gasteiger charge is -2.22. The first-order chi connectivity index (χ1) is 11.5. The molecule has 2 saturated carbocycles. The average Bonchev–Trinajstić information content (AvgIpc) is 3.28. The van der Waals surface area contributed by atoms with Gasteiger partial charge in [0.2, 0.25) is 5.91 Å². The number of sulfone groups is 1. The first-order valence-electron chi connectivity index (χ1n) is 9.15. The van der Waals surface area contributed by atoms with E-state index in [9.17, 15) is 13.2 Å². The standard InChI is InChI=1S/C19H25NO3S/c21-19(20-18-11-13-4-5-16(18)10-13)8-9-24(22,23)17-7-6-14-2-1-3-15(14)12-17/h6-7,12-13,16,18H,1-5,8-11H2,(H,20,21)/t13-,16+,18-/m0/s1. The summed E-state index contributed by atoms with van der Waals surface area (Å²) in [6.07, 6.45) is 7.99. The van der Waals surface area contributed by atoms with Gasteiger partial charge in [-0.15, -0.1) is 0 Å². The van der Waals surface area contributed by atoms with Gasteiger partial charge in [0.05, 0.1) is 10.6 Å². The number of rotatable bonds is 5. The van der Waals surface area contributed by atoms with Crippen LogP contribution in [0.2, 0.25) is 0 Å². The molecule has 1 aromatic carbocycles. The zero-order valence-corrected chi connectivity index (χ0v) is 14.8.